The molecule has 0 radical (unpaired) electrons. The predicted octanol–water partition coefficient (Wildman–Crippen LogP) is 2.16. The molecular formula is C18H24N2O5S. The first-order valence-corrected chi connectivity index (χ1v) is 10.4. The van der Waals surface area contributed by atoms with Gasteiger partial charge < -0.3 is 19.3 Å². The first-order chi connectivity index (χ1) is 12.4. The summed E-state index contributed by atoms with van der Waals surface area (Å²) >= 11 is 0. The summed E-state index contributed by atoms with van der Waals surface area (Å²) in [5.41, 5.74) is 2.75. The number of hydrogen-bond donors (Lipinski definition) is 1. The van der Waals surface area contributed by atoms with E-state index in [1.807, 2.05) is 32.0 Å². The van der Waals surface area contributed by atoms with Gasteiger partial charge >= 0.3 is 0 Å². The van der Waals surface area contributed by atoms with Crippen LogP contribution in [0.4, 0.5) is 0 Å². The molecule has 1 aromatic carbocycles. The second-order valence-corrected chi connectivity index (χ2v) is 8.79. The maximum atomic E-state index is 11.5. The highest BCUT2D eigenvalue weighted by Crippen LogP contribution is 2.29. The average Bonchev–Trinajstić information content (AvgIpc) is 3.13. The monoisotopic (exact) mass is 380 g/mol. The zero-order valence-electron chi connectivity index (χ0n) is 15.2. The Morgan fingerprint density at radius 2 is 2.12 bits per heavy atom. The van der Waals surface area contributed by atoms with Gasteiger partial charge in [-0.3, -0.25) is 0 Å². The van der Waals surface area contributed by atoms with Gasteiger partial charge in [0.25, 0.3) is 0 Å². The molecule has 7 nitrogen and oxygen atoms in total. The molecule has 1 aromatic heterocycles. The van der Waals surface area contributed by atoms with Crippen LogP contribution in [0.15, 0.2) is 22.7 Å². The minimum Gasteiger partial charge on any atom is -0.493 e. The maximum absolute atomic E-state index is 11.5. The third-order valence-electron chi connectivity index (χ3n) is 4.61. The molecule has 1 saturated heterocycles. The topological polar surface area (TPSA) is 90.7 Å². The lowest BCUT2D eigenvalue weighted by atomic mass is 10.1. The SMILES string of the molecule is COc1cc(CNC2CCS(=O)(=O)C2)ccc1OCc1c(C)noc1C. The van der Waals surface area contributed by atoms with Crippen LogP contribution >= 0.6 is 0 Å². The van der Waals surface area contributed by atoms with Gasteiger partial charge in [-0.2, -0.15) is 0 Å². The molecule has 0 spiro atoms. The molecular weight excluding hydrogens is 356 g/mol. The molecule has 2 aromatic rings. The van der Waals surface area contributed by atoms with Gasteiger partial charge in [-0.05, 0) is 38.0 Å². The standard InChI is InChI=1S/C18H24N2O5S/c1-12-16(13(2)25-20-12)10-24-17-5-4-14(8-18(17)23-3)9-19-15-6-7-26(21,22)11-15/h4-5,8,15,19H,6-7,9-11H2,1-3H3. The van der Waals surface area contributed by atoms with Crippen LogP contribution in [0.2, 0.25) is 0 Å². The molecule has 0 saturated carbocycles. The Morgan fingerprint density at radius 1 is 1.31 bits per heavy atom. The number of ether oxygens (including phenoxy) is 2. The highest BCUT2D eigenvalue weighted by molar-refractivity contribution is 7.91. The van der Waals surface area contributed by atoms with Crippen molar-refractivity contribution in [1.29, 1.82) is 0 Å². The normalized spacial score (nSPS) is 18.8. The van der Waals surface area contributed by atoms with Crippen LogP contribution in [-0.4, -0.2) is 38.2 Å². The Kier molecular flexibility index (Phi) is 5.52. The molecule has 1 unspecified atom stereocenters. The zero-order chi connectivity index (χ0) is 18.7. The summed E-state index contributed by atoms with van der Waals surface area (Å²) < 4.78 is 39.5. The van der Waals surface area contributed by atoms with E-state index in [0.717, 1.165) is 22.6 Å². The number of nitrogens with one attached hydrogen (secondary N) is 1. The van der Waals surface area contributed by atoms with Crippen LogP contribution in [0.1, 0.15) is 29.0 Å². The fourth-order valence-electron chi connectivity index (χ4n) is 3.02. The first-order valence-electron chi connectivity index (χ1n) is 8.53. The molecule has 1 N–H and O–H groups in total. The van der Waals surface area contributed by atoms with E-state index in [2.05, 4.69) is 10.5 Å². The van der Waals surface area contributed by atoms with Gasteiger partial charge in [0.1, 0.15) is 12.4 Å². The van der Waals surface area contributed by atoms with E-state index in [4.69, 9.17) is 14.0 Å². The number of aromatic nitrogens is 1. The van der Waals surface area contributed by atoms with E-state index in [9.17, 15) is 8.42 Å². The molecule has 0 amide bonds. The van der Waals surface area contributed by atoms with Crippen LogP contribution in [0.3, 0.4) is 0 Å². The third kappa shape index (κ3) is 4.37. The van der Waals surface area contributed by atoms with Crippen molar-refractivity contribution in [3.63, 3.8) is 0 Å². The van der Waals surface area contributed by atoms with Crippen molar-refractivity contribution in [2.75, 3.05) is 18.6 Å². The number of methoxy groups -OCH3 is 1. The molecule has 0 aliphatic carbocycles. The van der Waals surface area contributed by atoms with Gasteiger partial charge in [0.05, 0.1) is 29.9 Å². The Morgan fingerprint density at radius 3 is 2.73 bits per heavy atom. The molecule has 0 bridgehead atoms. The van der Waals surface area contributed by atoms with Gasteiger partial charge in [0, 0.05) is 12.6 Å². The summed E-state index contributed by atoms with van der Waals surface area (Å²) in [5.74, 6) is 2.49. The van der Waals surface area contributed by atoms with E-state index in [0.29, 0.717) is 31.1 Å². The summed E-state index contributed by atoms with van der Waals surface area (Å²) in [6.45, 7) is 4.67. The second-order valence-electron chi connectivity index (χ2n) is 6.56. The van der Waals surface area contributed by atoms with E-state index >= 15 is 0 Å². The van der Waals surface area contributed by atoms with Gasteiger partial charge in [0.15, 0.2) is 21.3 Å². The average molecular weight is 380 g/mol. The molecule has 2 heterocycles. The number of rotatable bonds is 7. The van der Waals surface area contributed by atoms with Gasteiger partial charge in [-0.25, -0.2) is 8.42 Å². The van der Waals surface area contributed by atoms with Gasteiger partial charge in [-0.1, -0.05) is 11.2 Å². The number of hydrogen-bond acceptors (Lipinski definition) is 7. The number of benzene rings is 1. The summed E-state index contributed by atoms with van der Waals surface area (Å²) in [6, 6.07) is 5.72. The van der Waals surface area contributed by atoms with Crippen molar-refractivity contribution in [3.8, 4) is 11.5 Å². The van der Waals surface area contributed by atoms with E-state index < -0.39 is 9.84 Å². The molecule has 1 aliphatic rings. The molecule has 1 aliphatic heterocycles. The highest BCUT2D eigenvalue weighted by atomic mass is 32.2. The minimum absolute atomic E-state index is 0.0152. The molecule has 1 atom stereocenters. The lowest BCUT2D eigenvalue weighted by molar-refractivity contribution is 0.281. The zero-order valence-corrected chi connectivity index (χ0v) is 16.1. The van der Waals surface area contributed by atoms with Crippen molar-refractivity contribution in [2.45, 2.75) is 39.5 Å². The van der Waals surface area contributed by atoms with Crippen molar-refractivity contribution in [3.05, 3.63) is 40.8 Å². The van der Waals surface area contributed by atoms with Gasteiger partial charge in [0.2, 0.25) is 0 Å². The number of nitrogens with zero attached hydrogens (tertiary/aromatic N) is 1. The Bertz CT molecular complexity index is 856. The molecule has 8 heteroatoms. The first kappa shape index (κ1) is 18.7. The van der Waals surface area contributed by atoms with Crippen LogP contribution < -0.4 is 14.8 Å². The lowest BCUT2D eigenvalue weighted by Crippen LogP contribution is -2.29. The minimum atomic E-state index is -2.88. The maximum Gasteiger partial charge on any atom is 0.161 e. The molecule has 1 fully saturated rings. The molecule has 3 rings (SSSR count). The molecule has 142 valence electrons. The Balaban J connectivity index is 1.62. The summed E-state index contributed by atoms with van der Waals surface area (Å²) in [5, 5.41) is 7.22. The predicted molar refractivity (Wildman–Crippen MR) is 97.2 cm³/mol. The van der Waals surface area contributed by atoms with Crippen LogP contribution in [0.25, 0.3) is 0 Å². The van der Waals surface area contributed by atoms with Crippen molar-refractivity contribution >= 4 is 9.84 Å². The number of aryl methyl sites for hydroxylation is 2. The van der Waals surface area contributed by atoms with Gasteiger partial charge in [-0.15, -0.1) is 0 Å². The third-order valence-corrected chi connectivity index (χ3v) is 6.38. The smallest absolute Gasteiger partial charge is 0.161 e. The van der Waals surface area contributed by atoms with Crippen LogP contribution in [0, 0.1) is 13.8 Å². The summed E-state index contributed by atoms with van der Waals surface area (Å²) in [6.07, 6.45) is 0.665. The summed E-state index contributed by atoms with van der Waals surface area (Å²) in [7, 11) is -1.28. The quantitative estimate of drug-likeness (QED) is 0.787. The fourth-order valence-corrected chi connectivity index (χ4v) is 4.73. The van der Waals surface area contributed by atoms with Crippen molar-refractivity contribution in [1.82, 2.24) is 10.5 Å². The fraction of sp³-hybridized carbons (Fsp3) is 0.500. The van der Waals surface area contributed by atoms with Crippen molar-refractivity contribution in [2.24, 2.45) is 0 Å². The van der Waals surface area contributed by atoms with E-state index in [1.54, 1.807) is 7.11 Å². The summed E-state index contributed by atoms with van der Waals surface area (Å²) in [4.78, 5) is 0. The Labute approximate surface area is 153 Å². The number of sulfone groups is 1. The van der Waals surface area contributed by atoms with E-state index in [-0.39, 0.29) is 17.5 Å². The van der Waals surface area contributed by atoms with E-state index in [1.165, 1.54) is 0 Å². The Hall–Kier alpha value is -2.06. The largest absolute Gasteiger partial charge is 0.493 e. The van der Waals surface area contributed by atoms with Crippen LogP contribution in [-0.2, 0) is 23.0 Å². The lowest BCUT2D eigenvalue weighted by Gasteiger charge is -2.14. The highest BCUT2D eigenvalue weighted by Gasteiger charge is 2.27. The second kappa shape index (κ2) is 7.67. The molecule has 26 heavy (non-hydrogen) atoms. The van der Waals surface area contributed by atoms with Crippen molar-refractivity contribution < 1.29 is 22.4 Å². The van der Waals surface area contributed by atoms with Crippen LogP contribution in [0.5, 0.6) is 11.5 Å².